The van der Waals surface area contributed by atoms with E-state index in [0.29, 0.717) is 5.92 Å². The van der Waals surface area contributed by atoms with Gasteiger partial charge in [-0.05, 0) is 57.6 Å². The third-order valence-electron chi connectivity index (χ3n) is 4.93. The lowest BCUT2D eigenvalue weighted by Crippen LogP contribution is -2.46. The molecule has 0 saturated carbocycles. The van der Waals surface area contributed by atoms with E-state index < -0.39 is 0 Å². The highest BCUT2D eigenvalue weighted by atomic mass is 16.5. The summed E-state index contributed by atoms with van der Waals surface area (Å²) in [5, 5.41) is 0. The van der Waals surface area contributed by atoms with Crippen LogP contribution in [0.4, 0.5) is 0 Å². The normalized spacial score (nSPS) is 39.6. The molecule has 2 fully saturated rings. The maximum absolute atomic E-state index is 6.41. The lowest BCUT2D eigenvalue weighted by molar-refractivity contribution is 0.100. The molecule has 3 rings (SSSR count). The predicted molar refractivity (Wildman–Crippen MR) is 68.5 cm³/mol. The van der Waals surface area contributed by atoms with Crippen molar-refractivity contribution in [3.8, 4) is 0 Å². The maximum Gasteiger partial charge on any atom is 0.109 e. The largest absolute Gasteiger partial charge is 0.497 e. The molecule has 0 aromatic carbocycles. The Morgan fingerprint density at radius 2 is 2.06 bits per heavy atom. The monoisotopic (exact) mass is 236 g/mol. The molecular weight excluding hydrogens is 212 g/mol. The summed E-state index contributed by atoms with van der Waals surface area (Å²) in [6, 6.07) is 1.69. The fourth-order valence-electron chi connectivity index (χ4n) is 3.79. The van der Waals surface area contributed by atoms with Crippen LogP contribution < -0.4 is 5.73 Å². The summed E-state index contributed by atoms with van der Waals surface area (Å²) in [6.07, 6.45) is 9.75. The highest BCUT2D eigenvalue weighted by Gasteiger charge is 2.41. The molecule has 0 aromatic heterocycles. The molecule has 3 heterocycles. The Bertz CT molecular complexity index is 301. The van der Waals surface area contributed by atoms with Crippen molar-refractivity contribution >= 4 is 0 Å². The number of piperidine rings is 1. The van der Waals surface area contributed by atoms with Gasteiger partial charge in [-0.1, -0.05) is 0 Å². The van der Waals surface area contributed by atoms with Crippen molar-refractivity contribution < 1.29 is 4.74 Å². The van der Waals surface area contributed by atoms with E-state index in [1.165, 1.54) is 25.7 Å². The van der Waals surface area contributed by atoms with Crippen LogP contribution in [0.1, 0.15) is 38.5 Å². The number of nitrogens with two attached hydrogens (primary N) is 1. The fraction of sp³-hybridized carbons (Fsp3) is 0.857. The van der Waals surface area contributed by atoms with Crippen LogP contribution in [0.15, 0.2) is 11.8 Å². The summed E-state index contributed by atoms with van der Waals surface area (Å²) in [6.45, 7) is 0.860. The van der Waals surface area contributed by atoms with Gasteiger partial charge in [0, 0.05) is 12.1 Å². The zero-order valence-electron chi connectivity index (χ0n) is 10.8. The van der Waals surface area contributed by atoms with Crippen LogP contribution in [-0.4, -0.2) is 36.7 Å². The summed E-state index contributed by atoms with van der Waals surface area (Å²) in [5.41, 5.74) is 6.41. The first kappa shape index (κ1) is 11.5. The third kappa shape index (κ3) is 2.11. The minimum absolute atomic E-state index is 0.145. The number of nitrogens with zero attached hydrogens (tertiary/aromatic N) is 1. The van der Waals surface area contributed by atoms with Gasteiger partial charge in [0.05, 0.1) is 12.6 Å². The van der Waals surface area contributed by atoms with Gasteiger partial charge >= 0.3 is 0 Å². The van der Waals surface area contributed by atoms with Crippen LogP contribution in [0.5, 0.6) is 0 Å². The van der Waals surface area contributed by atoms with Gasteiger partial charge in [-0.3, -0.25) is 0 Å². The number of allylic oxidation sites excluding steroid dienone is 1. The Kier molecular flexibility index (Phi) is 3.14. The van der Waals surface area contributed by atoms with Gasteiger partial charge in [0.1, 0.15) is 5.76 Å². The Morgan fingerprint density at radius 1 is 1.35 bits per heavy atom. The minimum Gasteiger partial charge on any atom is -0.497 e. The molecule has 3 aliphatic heterocycles. The lowest BCUT2D eigenvalue weighted by Gasteiger charge is -2.39. The van der Waals surface area contributed by atoms with E-state index in [4.69, 9.17) is 10.5 Å². The standard InChI is InChI=1S/C14H24N2O/c1-16-11-5-6-12(16)9-10(8-11)14(15)13-4-2-3-7-17-13/h4,10-12,14H,2-3,5-9,15H2,1H3. The fourth-order valence-corrected chi connectivity index (χ4v) is 3.79. The third-order valence-corrected chi connectivity index (χ3v) is 4.93. The van der Waals surface area contributed by atoms with E-state index in [0.717, 1.165) is 37.3 Å². The highest BCUT2D eigenvalue weighted by molar-refractivity contribution is 5.09. The van der Waals surface area contributed by atoms with Crippen LogP contribution in [0, 0.1) is 5.92 Å². The second-order valence-electron chi connectivity index (χ2n) is 5.90. The van der Waals surface area contributed by atoms with Gasteiger partial charge in [-0.25, -0.2) is 0 Å². The van der Waals surface area contributed by atoms with Gasteiger partial charge in [0.2, 0.25) is 0 Å². The van der Waals surface area contributed by atoms with E-state index in [1.807, 2.05) is 0 Å². The van der Waals surface area contributed by atoms with Crippen LogP contribution in [0.3, 0.4) is 0 Å². The van der Waals surface area contributed by atoms with Crippen molar-refractivity contribution in [2.24, 2.45) is 11.7 Å². The van der Waals surface area contributed by atoms with Crippen molar-refractivity contribution in [3.63, 3.8) is 0 Å². The number of hydrogen-bond donors (Lipinski definition) is 1. The first-order valence-electron chi connectivity index (χ1n) is 7.06. The summed E-state index contributed by atoms with van der Waals surface area (Å²) in [7, 11) is 2.28. The average Bonchev–Trinajstić information content (AvgIpc) is 2.61. The topological polar surface area (TPSA) is 38.5 Å². The summed E-state index contributed by atoms with van der Waals surface area (Å²) >= 11 is 0. The Balaban J connectivity index is 1.67. The highest BCUT2D eigenvalue weighted by Crippen LogP contribution is 2.39. The quantitative estimate of drug-likeness (QED) is 0.795. The van der Waals surface area contributed by atoms with Gasteiger partial charge in [0.25, 0.3) is 0 Å². The van der Waals surface area contributed by atoms with E-state index in [-0.39, 0.29) is 6.04 Å². The number of hydrogen-bond acceptors (Lipinski definition) is 3. The minimum atomic E-state index is 0.145. The SMILES string of the molecule is CN1C2CCC1CC(C(N)C1=CCCCO1)C2. The zero-order chi connectivity index (χ0) is 11.8. The maximum atomic E-state index is 6.41. The van der Waals surface area contributed by atoms with Crippen LogP contribution in [-0.2, 0) is 4.74 Å². The Labute approximate surface area is 104 Å². The Hall–Kier alpha value is -0.540. The van der Waals surface area contributed by atoms with Crippen molar-refractivity contribution in [2.45, 2.75) is 56.7 Å². The molecule has 0 aliphatic carbocycles. The number of rotatable bonds is 2. The number of fused-ring (bicyclic) bond motifs is 2. The van der Waals surface area contributed by atoms with E-state index >= 15 is 0 Å². The zero-order valence-corrected chi connectivity index (χ0v) is 10.8. The molecule has 2 bridgehead atoms. The molecule has 0 radical (unpaired) electrons. The van der Waals surface area contributed by atoms with Gasteiger partial charge in [0.15, 0.2) is 0 Å². The van der Waals surface area contributed by atoms with E-state index in [9.17, 15) is 0 Å². The second kappa shape index (κ2) is 4.62. The first-order chi connectivity index (χ1) is 8.25. The van der Waals surface area contributed by atoms with Crippen LogP contribution >= 0.6 is 0 Å². The molecule has 3 unspecified atom stereocenters. The molecule has 3 aliphatic rings. The average molecular weight is 236 g/mol. The van der Waals surface area contributed by atoms with Gasteiger partial charge in [-0.2, -0.15) is 0 Å². The summed E-state index contributed by atoms with van der Waals surface area (Å²) in [4.78, 5) is 2.57. The smallest absolute Gasteiger partial charge is 0.109 e. The van der Waals surface area contributed by atoms with E-state index in [1.54, 1.807) is 0 Å². The molecule has 0 amide bonds. The molecular formula is C14H24N2O. The van der Waals surface area contributed by atoms with Crippen molar-refractivity contribution in [2.75, 3.05) is 13.7 Å². The molecule has 3 heteroatoms. The summed E-state index contributed by atoms with van der Waals surface area (Å²) < 4.78 is 5.73. The Morgan fingerprint density at radius 3 is 2.65 bits per heavy atom. The molecule has 3 atom stereocenters. The summed E-state index contributed by atoms with van der Waals surface area (Å²) in [5.74, 6) is 1.71. The molecule has 96 valence electrons. The molecule has 2 N–H and O–H groups in total. The molecule has 0 spiro atoms. The predicted octanol–water partition coefficient (Wildman–Crippen LogP) is 1.88. The van der Waals surface area contributed by atoms with Crippen molar-refractivity contribution in [1.29, 1.82) is 0 Å². The molecule has 0 aromatic rings. The lowest BCUT2D eigenvalue weighted by atomic mass is 9.84. The van der Waals surface area contributed by atoms with Crippen LogP contribution in [0.2, 0.25) is 0 Å². The second-order valence-corrected chi connectivity index (χ2v) is 5.90. The van der Waals surface area contributed by atoms with Gasteiger partial charge < -0.3 is 15.4 Å². The van der Waals surface area contributed by atoms with E-state index in [2.05, 4.69) is 18.0 Å². The van der Waals surface area contributed by atoms with Gasteiger partial charge in [-0.15, -0.1) is 0 Å². The molecule has 3 nitrogen and oxygen atoms in total. The molecule has 17 heavy (non-hydrogen) atoms. The van der Waals surface area contributed by atoms with Crippen LogP contribution in [0.25, 0.3) is 0 Å². The van der Waals surface area contributed by atoms with Crippen molar-refractivity contribution in [1.82, 2.24) is 4.90 Å². The number of ether oxygens (including phenoxy) is 1. The first-order valence-corrected chi connectivity index (χ1v) is 7.06. The molecule has 2 saturated heterocycles. The van der Waals surface area contributed by atoms with Crippen molar-refractivity contribution in [3.05, 3.63) is 11.8 Å².